The number of anilines is 1. The molecule has 122 valence electrons. The Kier molecular flexibility index (Phi) is 5.66. The molecule has 0 saturated carbocycles. The highest BCUT2D eigenvalue weighted by Gasteiger charge is 2.12. The number of aryl methyl sites for hydroxylation is 1. The molecule has 4 nitrogen and oxygen atoms in total. The van der Waals surface area contributed by atoms with Gasteiger partial charge < -0.3 is 14.8 Å². The minimum atomic E-state index is -0.193. The van der Waals surface area contributed by atoms with Gasteiger partial charge in [0.2, 0.25) is 0 Å². The average Bonchev–Trinajstić information content (AvgIpc) is 2.50. The van der Waals surface area contributed by atoms with Gasteiger partial charge in [-0.25, -0.2) is 0 Å². The van der Waals surface area contributed by atoms with Crippen molar-refractivity contribution in [2.24, 2.45) is 0 Å². The van der Waals surface area contributed by atoms with Gasteiger partial charge in [0.05, 0.1) is 13.2 Å². The molecule has 0 spiro atoms. The number of nitrogens with one attached hydrogen (secondary N) is 1. The Labute approximate surface area is 144 Å². The van der Waals surface area contributed by atoms with Gasteiger partial charge in [-0.3, -0.25) is 4.79 Å². The first kappa shape index (κ1) is 17.3. The third-order valence-corrected chi connectivity index (χ3v) is 4.09. The van der Waals surface area contributed by atoms with Gasteiger partial charge in [-0.2, -0.15) is 0 Å². The Hall–Kier alpha value is -2.01. The minimum absolute atomic E-state index is 0.0364. The first-order valence-corrected chi connectivity index (χ1v) is 8.12. The molecule has 0 aliphatic carbocycles. The summed E-state index contributed by atoms with van der Waals surface area (Å²) in [6, 6.07) is 10.8. The van der Waals surface area contributed by atoms with Crippen LogP contribution in [-0.2, 0) is 0 Å². The van der Waals surface area contributed by atoms with Crippen LogP contribution in [0.25, 0.3) is 0 Å². The lowest BCUT2D eigenvalue weighted by atomic mass is 10.1. The standard InChI is InChI=1S/C18H20BrNO3/c1-11(2)23-16-8-5-13(10-17(16)22-4)18(21)20-14-6-7-15(19)12(3)9-14/h5-11H,1-4H3,(H,20,21). The van der Waals surface area contributed by atoms with E-state index in [-0.39, 0.29) is 12.0 Å². The molecule has 0 radical (unpaired) electrons. The molecule has 1 amide bonds. The molecule has 5 heteroatoms. The van der Waals surface area contributed by atoms with Gasteiger partial charge in [0.1, 0.15) is 0 Å². The van der Waals surface area contributed by atoms with Gasteiger partial charge in [-0.15, -0.1) is 0 Å². The first-order valence-electron chi connectivity index (χ1n) is 7.33. The second-order valence-corrected chi connectivity index (χ2v) is 6.30. The Bertz CT molecular complexity index is 713. The topological polar surface area (TPSA) is 47.6 Å². The molecule has 0 bridgehead atoms. The molecule has 0 aliphatic heterocycles. The molecule has 1 N–H and O–H groups in total. The SMILES string of the molecule is COc1cc(C(=O)Nc2ccc(Br)c(C)c2)ccc1OC(C)C. The number of carbonyl (C=O) groups excluding carboxylic acids is 1. The number of hydrogen-bond donors (Lipinski definition) is 1. The average molecular weight is 378 g/mol. The molecule has 23 heavy (non-hydrogen) atoms. The van der Waals surface area contributed by atoms with Crippen LogP contribution in [0, 0.1) is 6.92 Å². The summed E-state index contributed by atoms with van der Waals surface area (Å²) in [5.41, 5.74) is 2.32. The highest BCUT2D eigenvalue weighted by Crippen LogP contribution is 2.29. The summed E-state index contributed by atoms with van der Waals surface area (Å²) in [7, 11) is 1.56. The second-order valence-electron chi connectivity index (χ2n) is 5.45. The van der Waals surface area contributed by atoms with Crippen LogP contribution in [0.5, 0.6) is 11.5 Å². The fourth-order valence-electron chi connectivity index (χ4n) is 2.09. The number of amides is 1. The maximum Gasteiger partial charge on any atom is 0.255 e. The second kappa shape index (κ2) is 7.51. The van der Waals surface area contributed by atoms with E-state index in [1.807, 2.05) is 39.0 Å². The Morgan fingerprint density at radius 2 is 1.87 bits per heavy atom. The summed E-state index contributed by atoms with van der Waals surface area (Å²) in [6.07, 6.45) is 0.0364. The number of ether oxygens (including phenoxy) is 2. The summed E-state index contributed by atoms with van der Waals surface area (Å²) in [6.45, 7) is 5.85. The van der Waals surface area contributed by atoms with Crippen LogP contribution in [0.15, 0.2) is 40.9 Å². The molecular weight excluding hydrogens is 358 g/mol. The van der Waals surface area contributed by atoms with Gasteiger partial charge in [0.15, 0.2) is 11.5 Å². The number of halogens is 1. The van der Waals surface area contributed by atoms with E-state index in [0.29, 0.717) is 17.1 Å². The lowest BCUT2D eigenvalue weighted by molar-refractivity contribution is 0.102. The zero-order valence-electron chi connectivity index (χ0n) is 13.6. The monoisotopic (exact) mass is 377 g/mol. The number of rotatable bonds is 5. The summed E-state index contributed by atoms with van der Waals surface area (Å²) in [5.74, 6) is 0.970. The lowest BCUT2D eigenvalue weighted by Crippen LogP contribution is -2.13. The molecule has 0 unspecified atom stereocenters. The highest BCUT2D eigenvalue weighted by molar-refractivity contribution is 9.10. The van der Waals surface area contributed by atoms with Crippen molar-refractivity contribution in [3.05, 3.63) is 52.0 Å². The molecule has 0 atom stereocenters. The van der Waals surface area contributed by atoms with Gasteiger partial charge >= 0.3 is 0 Å². The van der Waals surface area contributed by atoms with Crippen molar-refractivity contribution in [1.82, 2.24) is 0 Å². The number of hydrogen-bond acceptors (Lipinski definition) is 3. The third-order valence-electron chi connectivity index (χ3n) is 3.20. The van der Waals surface area contributed by atoms with E-state index in [4.69, 9.17) is 9.47 Å². The quantitative estimate of drug-likeness (QED) is 0.813. The third kappa shape index (κ3) is 4.48. The van der Waals surface area contributed by atoms with Crippen LogP contribution in [0.1, 0.15) is 29.8 Å². The number of benzene rings is 2. The smallest absolute Gasteiger partial charge is 0.255 e. The molecule has 0 aliphatic rings. The maximum absolute atomic E-state index is 12.4. The van der Waals surface area contributed by atoms with Crippen molar-refractivity contribution in [2.75, 3.05) is 12.4 Å². The normalized spacial score (nSPS) is 10.5. The fourth-order valence-corrected chi connectivity index (χ4v) is 2.33. The minimum Gasteiger partial charge on any atom is -0.493 e. The lowest BCUT2D eigenvalue weighted by Gasteiger charge is -2.14. The maximum atomic E-state index is 12.4. The van der Waals surface area contributed by atoms with E-state index in [2.05, 4.69) is 21.2 Å². The predicted octanol–water partition coefficient (Wildman–Crippen LogP) is 4.81. The van der Waals surface area contributed by atoms with E-state index in [9.17, 15) is 4.79 Å². The van der Waals surface area contributed by atoms with Crippen molar-refractivity contribution in [3.8, 4) is 11.5 Å². The Balaban J connectivity index is 2.20. The summed E-state index contributed by atoms with van der Waals surface area (Å²) in [5, 5.41) is 2.88. The van der Waals surface area contributed by atoms with E-state index >= 15 is 0 Å². The first-order chi connectivity index (χ1) is 10.9. The molecular formula is C18H20BrNO3. The predicted molar refractivity (Wildman–Crippen MR) is 95.6 cm³/mol. The summed E-state index contributed by atoms with van der Waals surface area (Å²) in [4.78, 5) is 12.4. The zero-order chi connectivity index (χ0) is 17.0. The van der Waals surface area contributed by atoms with E-state index in [0.717, 1.165) is 15.7 Å². The van der Waals surface area contributed by atoms with E-state index in [1.165, 1.54) is 0 Å². The number of methoxy groups -OCH3 is 1. The van der Waals surface area contributed by atoms with Crippen molar-refractivity contribution < 1.29 is 14.3 Å². The van der Waals surface area contributed by atoms with Crippen LogP contribution in [0.2, 0.25) is 0 Å². The molecule has 0 fully saturated rings. The van der Waals surface area contributed by atoms with Gasteiger partial charge in [-0.1, -0.05) is 15.9 Å². The van der Waals surface area contributed by atoms with Crippen LogP contribution in [0.4, 0.5) is 5.69 Å². The molecule has 0 aromatic heterocycles. The molecule has 2 aromatic carbocycles. The molecule has 2 aromatic rings. The van der Waals surface area contributed by atoms with Crippen LogP contribution >= 0.6 is 15.9 Å². The van der Waals surface area contributed by atoms with Crippen molar-refractivity contribution >= 4 is 27.5 Å². The highest BCUT2D eigenvalue weighted by atomic mass is 79.9. The Morgan fingerprint density at radius 1 is 1.13 bits per heavy atom. The van der Waals surface area contributed by atoms with Gasteiger partial charge in [0, 0.05) is 15.7 Å². The van der Waals surface area contributed by atoms with Gasteiger partial charge in [-0.05, 0) is 62.7 Å². The largest absolute Gasteiger partial charge is 0.493 e. The van der Waals surface area contributed by atoms with Crippen molar-refractivity contribution in [2.45, 2.75) is 26.9 Å². The van der Waals surface area contributed by atoms with Gasteiger partial charge in [0.25, 0.3) is 5.91 Å². The fraction of sp³-hybridized carbons (Fsp3) is 0.278. The van der Waals surface area contributed by atoms with E-state index < -0.39 is 0 Å². The Morgan fingerprint density at radius 3 is 2.48 bits per heavy atom. The molecule has 0 saturated heterocycles. The molecule has 0 heterocycles. The van der Waals surface area contributed by atoms with Crippen LogP contribution in [-0.4, -0.2) is 19.1 Å². The summed E-state index contributed by atoms with van der Waals surface area (Å²) >= 11 is 3.44. The zero-order valence-corrected chi connectivity index (χ0v) is 15.2. The van der Waals surface area contributed by atoms with E-state index in [1.54, 1.807) is 25.3 Å². The number of carbonyl (C=O) groups is 1. The van der Waals surface area contributed by atoms with Crippen molar-refractivity contribution in [3.63, 3.8) is 0 Å². The van der Waals surface area contributed by atoms with Crippen molar-refractivity contribution in [1.29, 1.82) is 0 Å². The van der Waals surface area contributed by atoms with Crippen LogP contribution in [0.3, 0.4) is 0 Å². The van der Waals surface area contributed by atoms with Crippen LogP contribution < -0.4 is 14.8 Å². The molecule has 2 rings (SSSR count). The summed E-state index contributed by atoms with van der Waals surface area (Å²) < 4.78 is 12.0.